The Balaban J connectivity index is 1.58. The lowest BCUT2D eigenvalue weighted by Crippen LogP contribution is -2.33. The quantitative estimate of drug-likeness (QED) is 0.635. The van der Waals surface area contributed by atoms with Crippen molar-refractivity contribution in [3.63, 3.8) is 0 Å². The van der Waals surface area contributed by atoms with Crippen LogP contribution in [0.15, 0.2) is 48.8 Å². The van der Waals surface area contributed by atoms with Crippen molar-refractivity contribution in [2.45, 2.75) is 26.3 Å². The van der Waals surface area contributed by atoms with Gasteiger partial charge in [-0.05, 0) is 31.2 Å². The zero-order chi connectivity index (χ0) is 20.9. The van der Waals surface area contributed by atoms with Gasteiger partial charge < -0.3 is 10.1 Å². The molecule has 7 heteroatoms. The highest BCUT2D eigenvalue weighted by Gasteiger charge is 2.26. The summed E-state index contributed by atoms with van der Waals surface area (Å²) < 4.78 is 5.42. The number of nitrogens with one attached hydrogen (secondary N) is 1. The van der Waals surface area contributed by atoms with Crippen molar-refractivity contribution in [2.75, 3.05) is 25.0 Å². The lowest BCUT2D eigenvalue weighted by molar-refractivity contribution is -0.119. The Hall–Kier alpha value is -3.32. The molecular weight excluding hydrogens is 380 g/mol. The van der Waals surface area contributed by atoms with Crippen LogP contribution in [0.2, 0.25) is 0 Å². The van der Waals surface area contributed by atoms with Crippen LogP contribution < -0.4 is 5.32 Å². The number of pyridine rings is 2. The van der Waals surface area contributed by atoms with Gasteiger partial charge in [-0.25, -0.2) is 4.79 Å². The molecule has 0 aliphatic carbocycles. The van der Waals surface area contributed by atoms with E-state index in [0.717, 1.165) is 48.1 Å². The van der Waals surface area contributed by atoms with Gasteiger partial charge in [0.15, 0.2) is 6.61 Å². The van der Waals surface area contributed by atoms with E-state index in [1.807, 2.05) is 24.3 Å². The first kappa shape index (κ1) is 20.0. The van der Waals surface area contributed by atoms with Crippen molar-refractivity contribution in [3.8, 4) is 0 Å². The van der Waals surface area contributed by atoms with Crippen molar-refractivity contribution >= 4 is 28.5 Å². The Morgan fingerprint density at radius 1 is 1.17 bits per heavy atom. The van der Waals surface area contributed by atoms with Crippen molar-refractivity contribution in [1.29, 1.82) is 0 Å². The highest BCUT2D eigenvalue weighted by Crippen LogP contribution is 2.28. The Morgan fingerprint density at radius 2 is 1.97 bits per heavy atom. The lowest BCUT2D eigenvalue weighted by Gasteiger charge is -2.29. The van der Waals surface area contributed by atoms with Gasteiger partial charge >= 0.3 is 5.97 Å². The molecule has 30 heavy (non-hydrogen) atoms. The van der Waals surface area contributed by atoms with E-state index in [2.05, 4.69) is 22.1 Å². The average Bonchev–Trinajstić information content (AvgIpc) is 2.77. The van der Waals surface area contributed by atoms with Gasteiger partial charge in [-0.3, -0.25) is 19.7 Å². The van der Waals surface area contributed by atoms with Gasteiger partial charge in [0.25, 0.3) is 5.91 Å². The summed E-state index contributed by atoms with van der Waals surface area (Å²) in [6.45, 7) is 4.34. The van der Waals surface area contributed by atoms with Gasteiger partial charge in [-0.1, -0.05) is 25.1 Å². The van der Waals surface area contributed by atoms with Gasteiger partial charge in [-0.15, -0.1) is 0 Å². The molecule has 2 aromatic heterocycles. The fourth-order valence-corrected chi connectivity index (χ4v) is 3.82. The summed E-state index contributed by atoms with van der Waals surface area (Å²) in [7, 11) is 0. The number of esters is 1. The summed E-state index contributed by atoms with van der Waals surface area (Å²) in [5, 5.41) is 3.45. The molecule has 3 aromatic rings. The SMILES string of the molecule is CCCN1CCc2nc3ccccc3c(C(=O)OCC(=O)Nc3ccncc3)c2C1. The second kappa shape index (κ2) is 9.00. The van der Waals surface area contributed by atoms with Crippen molar-refractivity contribution in [1.82, 2.24) is 14.9 Å². The predicted molar refractivity (Wildman–Crippen MR) is 114 cm³/mol. The number of ether oxygens (including phenoxy) is 1. The maximum atomic E-state index is 13.1. The van der Waals surface area contributed by atoms with Crippen molar-refractivity contribution in [3.05, 3.63) is 65.6 Å². The molecule has 1 aliphatic rings. The maximum absolute atomic E-state index is 13.1. The van der Waals surface area contributed by atoms with Gasteiger partial charge in [0.2, 0.25) is 0 Å². The Bertz CT molecular complexity index is 1070. The molecule has 0 unspecified atom stereocenters. The summed E-state index contributed by atoms with van der Waals surface area (Å²) in [5.74, 6) is -0.887. The molecule has 1 N–H and O–H groups in total. The van der Waals surface area contributed by atoms with E-state index >= 15 is 0 Å². The van der Waals surface area contributed by atoms with Gasteiger partial charge in [-0.2, -0.15) is 0 Å². The molecule has 7 nitrogen and oxygen atoms in total. The molecule has 154 valence electrons. The van der Waals surface area contributed by atoms with E-state index in [0.29, 0.717) is 17.8 Å². The zero-order valence-electron chi connectivity index (χ0n) is 16.9. The number of benzene rings is 1. The summed E-state index contributed by atoms with van der Waals surface area (Å²) in [6, 6.07) is 10.9. The van der Waals surface area contributed by atoms with E-state index in [4.69, 9.17) is 9.72 Å². The van der Waals surface area contributed by atoms with E-state index in [-0.39, 0.29) is 6.61 Å². The zero-order valence-corrected chi connectivity index (χ0v) is 16.9. The number of rotatable bonds is 6. The van der Waals surface area contributed by atoms with Crippen LogP contribution in [0, 0.1) is 0 Å². The summed E-state index contributed by atoms with van der Waals surface area (Å²) >= 11 is 0. The number of nitrogens with zero attached hydrogens (tertiary/aromatic N) is 3. The number of aromatic nitrogens is 2. The standard InChI is InChI=1S/C23H24N4O3/c1-2-12-27-13-9-20-18(14-27)22(17-5-3-4-6-19(17)26-20)23(29)30-15-21(28)25-16-7-10-24-11-8-16/h3-8,10-11H,2,9,12-15H2,1H3,(H,24,25,28). The minimum atomic E-state index is -0.493. The maximum Gasteiger partial charge on any atom is 0.339 e. The van der Waals surface area contributed by atoms with E-state index in [1.165, 1.54) is 0 Å². The molecule has 1 aromatic carbocycles. The third-order valence-electron chi connectivity index (χ3n) is 5.17. The fraction of sp³-hybridized carbons (Fsp3) is 0.304. The van der Waals surface area contributed by atoms with E-state index in [1.54, 1.807) is 24.5 Å². The van der Waals surface area contributed by atoms with Crippen LogP contribution in [0.25, 0.3) is 10.9 Å². The number of fused-ring (bicyclic) bond motifs is 2. The molecule has 0 atom stereocenters. The molecule has 0 saturated carbocycles. The predicted octanol–water partition coefficient (Wildman–Crippen LogP) is 3.19. The third-order valence-corrected chi connectivity index (χ3v) is 5.17. The second-order valence-electron chi connectivity index (χ2n) is 7.32. The van der Waals surface area contributed by atoms with Crippen LogP contribution in [-0.4, -0.2) is 46.4 Å². The Labute approximate surface area is 175 Å². The minimum absolute atomic E-state index is 0.356. The average molecular weight is 404 g/mol. The van der Waals surface area contributed by atoms with Crippen LogP contribution in [0.3, 0.4) is 0 Å². The first-order valence-corrected chi connectivity index (χ1v) is 10.2. The second-order valence-corrected chi connectivity index (χ2v) is 7.32. The lowest BCUT2D eigenvalue weighted by atomic mass is 9.95. The molecule has 0 fully saturated rings. The molecule has 4 rings (SSSR count). The first-order chi connectivity index (χ1) is 14.7. The van der Waals surface area contributed by atoms with Crippen LogP contribution in [0.4, 0.5) is 5.69 Å². The molecule has 1 amide bonds. The summed E-state index contributed by atoms with van der Waals surface area (Å²) in [5.41, 5.74) is 3.75. The van der Waals surface area contributed by atoms with Crippen molar-refractivity contribution < 1.29 is 14.3 Å². The number of amides is 1. The van der Waals surface area contributed by atoms with Crippen LogP contribution in [0.5, 0.6) is 0 Å². The number of anilines is 1. The van der Waals surface area contributed by atoms with E-state index in [9.17, 15) is 9.59 Å². The van der Waals surface area contributed by atoms with Crippen LogP contribution >= 0.6 is 0 Å². The third kappa shape index (κ3) is 4.31. The highest BCUT2D eigenvalue weighted by molar-refractivity contribution is 6.06. The molecule has 0 spiro atoms. The topological polar surface area (TPSA) is 84.4 Å². The molecule has 0 bridgehead atoms. The molecule has 1 aliphatic heterocycles. The number of carbonyl (C=O) groups excluding carboxylic acids is 2. The number of hydrogen-bond donors (Lipinski definition) is 1. The smallest absolute Gasteiger partial charge is 0.339 e. The normalized spacial score (nSPS) is 13.6. The first-order valence-electron chi connectivity index (χ1n) is 10.2. The number of para-hydroxylation sites is 1. The summed E-state index contributed by atoms with van der Waals surface area (Å²) in [6.07, 6.45) is 5.01. The van der Waals surface area contributed by atoms with Crippen molar-refractivity contribution in [2.24, 2.45) is 0 Å². The van der Waals surface area contributed by atoms with E-state index < -0.39 is 11.9 Å². The summed E-state index contributed by atoms with van der Waals surface area (Å²) in [4.78, 5) is 36.3. The van der Waals surface area contributed by atoms with Gasteiger partial charge in [0.1, 0.15) is 0 Å². The largest absolute Gasteiger partial charge is 0.452 e. The monoisotopic (exact) mass is 404 g/mol. The number of carbonyl (C=O) groups is 2. The molecule has 0 radical (unpaired) electrons. The highest BCUT2D eigenvalue weighted by atomic mass is 16.5. The molecule has 3 heterocycles. The van der Waals surface area contributed by atoms with Crippen LogP contribution in [-0.2, 0) is 22.5 Å². The fourth-order valence-electron chi connectivity index (χ4n) is 3.82. The van der Waals surface area contributed by atoms with Gasteiger partial charge in [0, 0.05) is 54.2 Å². The Kier molecular flexibility index (Phi) is 5.99. The number of hydrogen-bond acceptors (Lipinski definition) is 6. The minimum Gasteiger partial charge on any atom is -0.452 e. The van der Waals surface area contributed by atoms with Gasteiger partial charge in [0.05, 0.1) is 11.1 Å². The molecular formula is C23H24N4O3. The Morgan fingerprint density at radius 3 is 2.77 bits per heavy atom. The van der Waals surface area contributed by atoms with Crippen LogP contribution in [0.1, 0.15) is 35.0 Å². The molecule has 0 saturated heterocycles.